The van der Waals surface area contributed by atoms with E-state index in [0.29, 0.717) is 18.0 Å². The molecule has 1 saturated heterocycles. The lowest BCUT2D eigenvalue weighted by Gasteiger charge is -2.29. The van der Waals surface area contributed by atoms with Gasteiger partial charge in [-0.05, 0) is 36.6 Å². The zero-order valence-corrected chi connectivity index (χ0v) is 17.3. The second-order valence-corrected chi connectivity index (χ2v) is 8.25. The van der Waals surface area contributed by atoms with Crippen LogP contribution in [0.5, 0.6) is 0 Å². The van der Waals surface area contributed by atoms with Gasteiger partial charge in [0.1, 0.15) is 11.7 Å². The number of hydrogen-bond acceptors (Lipinski definition) is 4. The Morgan fingerprint density at radius 1 is 1.14 bits per heavy atom. The summed E-state index contributed by atoms with van der Waals surface area (Å²) in [5.74, 6) is 0.393. The summed E-state index contributed by atoms with van der Waals surface area (Å²) in [6, 6.07) is 16.0. The molecule has 0 radical (unpaired) electrons. The number of halogens is 1. The van der Waals surface area contributed by atoms with Crippen LogP contribution < -0.4 is 0 Å². The van der Waals surface area contributed by atoms with Gasteiger partial charge in [0, 0.05) is 22.6 Å². The predicted molar refractivity (Wildman–Crippen MR) is 110 cm³/mol. The maximum atomic E-state index is 13.3. The first-order valence-electron chi connectivity index (χ1n) is 9.48. The number of aromatic nitrogens is 1. The molecule has 2 atom stereocenters. The van der Waals surface area contributed by atoms with Crippen LogP contribution in [-0.4, -0.2) is 33.4 Å². The maximum absolute atomic E-state index is 13.3. The summed E-state index contributed by atoms with van der Waals surface area (Å²) in [4.78, 5) is 29.4. The minimum absolute atomic E-state index is 0.217. The van der Waals surface area contributed by atoms with E-state index in [-0.39, 0.29) is 11.9 Å². The van der Waals surface area contributed by atoms with E-state index in [2.05, 4.69) is 21.1 Å². The van der Waals surface area contributed by atoms with Crippen LogP contribution in [0.3, 0.4) is 0 Å². The summed E-state index contributed by atoms with van der Waals surface area (Å²) >= 11 is 3.48. The first-order chi connectivity index (χ1) is 14.0. The summed E-state index contributed by atoms with van der Waals surface area (Å²) in [7, 11) is 0. The molecule has 2 unspecified atom stereocenters. The van der Waals surface area contributed by atoms with E-state index in [4.69, 9.17) is 4.52 Å². The highest BCUT2D eigenvalue weighted by atomic mass is 79.9. The van der Waals surface area contributed by atoms with E-state index in [1.54, 1.807) is 11.0 Å². The number of carbonyl (C=O) groups is 2. The Kier molecular flexibility index (Phi) is 4.28. The van der Waals surface area contributed by atoms with Gasteiger partial charge in [-0.3, -0.25) is 9.69 Å². The molecule has 0 bridgehead atoms. The second-order valence-electron chi connectivity index (χ2n) is 7.34. The van der Waals surface area contributed by atoms with Crippen molar-refractivity contribution in [1.82, 2.24) is 15.0 Å². The monoisotopic (exact) mass is 451 g/mol. The molecule has 7 heteroatoms. The third-order valence-corrected chi connectivity index (χ3v) is 6.15. The fraction of sp³-hybridized carbons (Fsp3) is 0.227. The van der Waals surface area contributed by atoms with Gasteiger partial charge < -0.3 is 9.42 Å². The smallest absolute Gasteiger partial charge is 0.328 e. The molecular weight excluding hydrogens is 434 g/mol. The molecule has 2 aliphatic heterocycles. The number of carbonyl (C=O) groups excluding carboxylic acids is 2. The highest BCUT2D eigenvalue weighted by Gasteiger charge is 2.50. The van der Waals surface area contributed by atoms with Gasteiger partial charge in [0.25, 0.3) is 5.91 Å². The molecule has 1 aromatic heterocycles. The highest BCUT2D eigenvalue weighted by Crippen LogP contribution is 2.41. The highest BCUT2D eigenvalue weighted by molar-refractivity contribution is 9.10. The van der Waals surface area contributed by atoms with E-state index in [1.807, 2.05) is 55.5 Å². The summed E-state index contributed by atoms with van der Waals surface area (Å²) in [6.45, 7) is 2.34. The number of benzene rings is 2. The summed E-state index contributed by atoms with van der Waals surface area (Å²) in [5.41, 5.74) is 3.45. The zero-order chi connectivity index (χ0) is 20.1. The van der Waals surface area contributed by atoms with Gasteiger partial charge in [0.15, 0.2) is 5.76 Å². The minimum atomic E-state index is -0.577. The van der Waals surface area contributed by atoms with E-state index in [9.17, 15) is 9.59 Å². The van der Waals surface area contributed by atoms with Crippen LogP contribution in [-0.2, 0) is 11.2 Å². The van der Waals surface area contributed by atoms with Gasteiger partial charge in [-0.25, -0.2) is 4.79 Å². The molecule has 0 spiro atoms. The molecule has 2 aliphatic rings. The molecule has 0 N–H and O–H groups in total. The van der Waals surface area contributed by atoms with Crippen LogP contribution in [0.25, 0.3) is 11.3 Å². The second kappa shape index (κ2) is 6.84. The summed E-state index contributed by atoms with van der Waals surface area (Å²) < 4.78 is 6.37. The molecule has 1 fully saturated rings. The molecule has 6 nitrogen and oxygen atoms in total. The fourth-order valence-electron chi connectivity index (χ4n) is 4.14. The average molecular weight is 452 g/mol. The van der Waals surface area contributed by atoms with Crippen molar-refractivity contribution in [3.8, 4) is 11.3 Å². The third kappa shape index (κ3) is 2.88. The Bertz CT molecular complexity index is 1110. The van der Waals surface area contributed by atoms with Crippen molar-refractivity contribution in [3.63, 3.8) is 0 Å². The van der Waals surface area contributed by atoms with Gasteiger partial charge in [-0.2, -0.15) is 0 Å². The van der Waals surface area contributed by atoms with Crippen molar-refractivity contribution < 1.29 is 14.1 Å². The molecular formula is C22H18BrN3O3. The van der Waals surface area contributed by atoms with Crippen molar-refractivity contribution in [2.75, 3.05) is 6.54 Å². The number of fused-ring (bicyclic) bond motifs is 3. The third-order valence-electron chi connectivity index (χ3n) is 5.66. The lowest BCUT2D eigenvalue weighted by Crippen LogP contribution is -2.37. The van der Waals surface area contributed by atoms with E-state index >= 15 is 0 Å². The fourth-order valence-corrected chi connectivity index (χ4v) is 4.51. The number of rotatable bonds is 3. The van der Waals surface area contributed by atoms with Crippen LogP contribution in [0.1, 0.15) is 35.8 Å². The molecule has 3 aromatic rings. The molecule has 0 aliphatic carbocycles. The van der Waals surface area contributed by atoms with Gasteiger partial charge >= 0.3 is 6.03 Å². The van der Waals surface area contributed by atoms with Gasteiger partial charge in [0.2, 0.25) is 0 Å². The standard InChI is InChI=1S/C22H18BrN3O3/c1-13(18-12-19(29-24-18)15-5-3-2-4-6-15)26-21(27)20-17-11-16(23)8-7-14(17)9-10-25(20)22(26)28/h2-8,11-13,20H,9-10H2,1H3. The van der Waals surface area contributed by atoms with Crippen molar-refractivity contribution in [3.05, 3.63) is 75.9 Å². The Balaban J connectivity index is 1.47. The lowest BCUT2D eigenvalue weighted by molar-refractivity contribution is -0.130. The van der Waals surface area contributed by atoms with Crippen molar-refractivity contribution >= 4 is 27.9 Å². The topological polar surface area (TPSA) is 66.7 Å². The van der Waals surface area contributed by atoms with Crippen molar-refractivity contribution in [2.45, 2.75) is 25.4 Å². The van der Waals surface area contributed by atoms with E-state index in [0.717, 1.165) is 27.6 Å². The zero-order valence-electron chi connectivity index (χ0n) is 15.7. The van der Waals surface area contributed by atoms with Crippen molar-refractivity contribution in [2.24, 2.45) is 0 Å². The normalized spacial score (nSPS) is 19.3. The Morgan fingerprint density at radius 3 is 2.72 bits per heavy atom. The minimum Gasteiger partial charge on any atom is -0.356 e. The molecule has 0 saturated carbocycles. The molecule has 3 amide bonds. The van der Waals surface area contributed by atoms with Crippen LogP contribution in [0, 0.1) is 0 Å². The van der Waals surface area contributed by atoms with Gasteiger partial charge in [-0.1, -0.05) is 57.5 Å². The Hall–Kier alpha value is -2.93. The molecule has 2 aromatic carbocycles. The van der Waals surface area contributed by atoms with Crippen LogP contribution in [0.2, 0.25) is 0 Å². The summed E-state index contributed by atoms with van der Waals surface area (Å²) in [6.07, 6.45) is 0.739. The van der Waals surface area contributed by atoms with Crippen molar-refractivity contribution in [1.29, 1.82) is 0 Å². The first-order valence-corrected chi connectivity index (χ1v) is 10.3. The number of nitrogens with zero attached hydrogens (tertiary/aromatic N) is 3. The number of hydrogen-bond donors (Lipinski definition) is 0. The lowest BCUT2D eigenvalue weighted by atomic mass is 9.93. The van der Waals surface area contributed by atoms with Crippen LogP contribution in [0.4, 0.5) is 4.79 Å². The number of imide groups is 1. The van der Waals surface area contributed by atoms with E-state index in [1.165, 1.54) is 4.90 Å². The average Bonchev–Trinajstić information content (AvgIpc) is 3.32. The Morgan fingerprint density at radius 2 is 1.93 bits per heavy atom. The predicted octanol–water partition coefficient (Wildman–Crippen LogP) is 4.73. The summed E-state index contributed by atoms with van der Waals surface area (Å²) in [5, 5.41) is 4.13. The number of amides is 3. The first kappa shape index (κ1) is 18.1. The maximum Gasteiger partial charge on any atom is 0.328 e. The van der Waals surface area contributed by atoms with E-state index < -0.39 is 12.1 Å². The van der Waals surface area contributed by atoms with Gasteiger partial charge in [-0.15, -0.1) is 0 Å². The molecule has 146 valence electrons. The SMILES string of the molecule is CC(c1cc(-c2ccccc2)on1)N1C(=O)C2c3cc(Br)ccc3CCN2C1=O. The molecule has 5 rings (SSSR count). The van der Waals surface area contributed by atoms with Crippen LogP contribution >= 0.6 is 15.9 Å². The number of urea groups is 1. The Labute approximate surface area is 176 Å². The van der Waals surface area contributed by atoms with Gasteiger partial charge in [0.05, 0.1) is 6.04 Å². The quantitative estimate of drug-likeness (QED) is 0.540. The van der Waals surface area contributed by atoms with Crippen LogP contribution in [0.15, 0.2) is 63.6 Å². The molecule has 3 heterocycles. The molecule has 29 heavy (non-hydrogen) atoms. The largest absolute Gasteiger partial charge is 0.356 e.